The number of ketones is 1. The van der Waals surface area contributed by atoms with Crippen LogP contribution in [0.4, 0.5) is 0 Å². The topological polar surface area (TPSA) is 109 Å². The lowest BCUT2D eigenvalue weighted by Gasteiger charge is -2.21. The van der Waals surface area contributed by atoms with Gasteiger partial charge >= 0.3 is 0 Å². The zero-order chi connectivity index (χ0) is 21.1. The predicted octanol–water partition coefficient (Wildman–Crippen LogP) is 2.16. The van der Waals surface area contributed by atoms with E-state index in [1.807, 2.05) is 19.9 Å². The van der Waals surface area contributed by atoms with Crippen molar-refractivity contribution in [1.82, 2.24) is 10.6 Å². The molecule has 0 unspecified atom stereocenters. The Bertz CT molecular complexity index is 732. The number of carbonyl (C=O) groups is 3. The second kappa shape index (κ2) is 11.7. The lowest BCUT2D eigenvalue weighted by molar-refractivity contribution is -0.128. The number of nitrogens with one attached hydrogen (secondary N) is 2. The van der Waals surface area contributed by atoms with Gasteiger partial charge in [0.25, 0.3) is 0 Å². The van der Waals surface area contributed by atoms with E-state index in [-0.39, 0.29) is 12.2 Å². The number of amides is 2. The first-order chi connectivity index (χ1) is 13.2. The Balaban J connectivity index is 2.76. The SMILES string of the molecule is C=C(C)C[C@H](NC(=O)[C@H](CO)NC(=O)/C=C/C=C/C(C)C)C(=O)c1ccco1. The van der Waals surface area contributed by atoms with Crippen molar-refractivity contribution < 1.29 is 23.9 Å². The van der Waals surface area contributed by atoms with E-state index in [4.69, 9.17) is 4.42 Å². The van der Waals surface area contributed by atoms with Crippen LogP contribution in [0.2, 0.25) is 0 Å². The fraction of sp³-hybridized carbons (Fsp3) is 0.381. The van der Waals surface area contributed by atoms with Crippen molar-refractivity contribution in [2.24, 2.45) is 5.92 Å². The first kappa shape index (κ1) is 23.1. The molecule has 1 heterocycles. The molecule has 152 valence electrons. The van der Waals surface area contributed by atoms with Crippen LogP contribution < -0.4 is 10.6 Å². The van der Waals surface area contributed by atoms with Gasteiger partial charge in [0.1, 0.15) is 6.04 Å². The highest BCUT2D eigenvalue weighted by Gasteiger charge is 2.28. The number of carbonyl (C=O) groups excluding carboxylic acids is 3. The van der Waals surface area contributed by atoms with Gasteiger partial charge in [0.15, 0.2) is 5.76 Å². The summed E-state index contributed by atoms with van der Waals surface area (Å²) in [6, 6.07) is 0.972. The fourth-order valence-electron chi connectivity index (χ4n) is 2.26. The molecule has 0 fully saturated rings. The second-order valence-corrected chi connectivity index (χ2v) is 6.80. The Morgan fingerprint density at radius 1 is 1.21 bits per heavy atom. The van der Waals surface area contributed by atoms with Crippen molar-refractivity contribution in [1.29, 1.82) is 0 Å². The Morgan fingerprint density at radius 3 is 2.46 bits per heavy atom. The Morgan fingerprint density at radius 2 is 1.93 bits per heavy atom. The molecule has 2 atom stereocenters. The highest BCUT2D eigenvalue weighted by molar-refractivity contribution is 6.01. The normalized spacial score (nSPS) is 13.6. The summed E-state index contributed by atoms with van der Waals surface area (Å²) in [6.07, 6.45) is 8.01. The van der Waals surface area contributed by atoms with E-state index in [9.17, 15) is 19.5 Å². The molecule has 7 nitrogen and oxygen atoms in total. The summed E-state index contributed by atoms with van der Waals surface area (Å²) in [7, 11) is 0. The third-order valence-electron chi connectivity index (χ3n) is 3.62. The number of allylic oxidation sites excluding steroid dienone is 3. The van der Waals surface area contributed by atoms with Crippen molar-refractivity contribution in [3.05, 3.63) is 60.6 Å². The molecule has 0 radical (unpaired) electrons. The molecule has 0 aliphatic rings. The summed E-state index contributed by atoms with van der Waals surface area (Å²) in [6.45, 7) is 8.89. The molecule has 0 bridgehead atoms. The smallest absolute Gasteiger partial charge is 0.245 e. The highest BCUT2D eigenvalue weighted by atomic mass is 16.3. The minimum absolute atomic E-state index is 0.107. The maximum absolute atomic E-state index is 12.5. The van der Waals surface area contributed by atoms with Gasteiger partial charge in [0, 0.05) is 6.08 Å². The average molecular weight is 388 g/mol. The number of furan rings is 1. The van der Waals surface area contributed by atoms with E-state index in [2.05, 4.69) is 17.2 Å². The largest absolute Gasteiger partial charge is 0.461 e. The number of aliphatic hydroxyl groups excluding tert-OH is 1. The lowest BCUT2D eigenvalue weighted by Crippen LogP contribution is -2.52. The molecule has 1 aromatic rings. The van der Waals surface area contributed by atoms with E-state index >= 15 is 0 Å². The van der Waals surface area contributed by atoms with Gasteiger partial charge in [-0.2, -0.15) is 0 Å². The number of hydrogen-bond acceptors (Lipinski definition) is 5. The molecule has 0 aromatic carbocycles. The summed E-state index contributed by atoms with van der Waals surface area (Å²) >= 11 is 0. The maximum atomic E-state index is 12.5. The molecule has 2 amide bonds. The Labute approximate surface area is 165 Å². The maximum Gasteiger partial charge on any atom is 0.245 e. The van der Waals surface area contributed by atoms with Crippen molar-refractivity contribution in [3.63, 3.8) is 0 Å². The molecule has 0 aliphatic carbocycles. The molecule has 0 saturated carbocycles. The van der Waals surface area contributed by atoms with Crippen LogP contribution in [0.25, 0.3) is 0 Å². The van der Waals surface area contributed by atoms with Gasteiger partial charge in [0.2, 0.25) is 17.6 Å². The van der Waals surface area contributed by atoms with E-state index in [0.29, 0.717) is 11.5 Å². The summed E-state index contributed by atoms with van der Waals surface area (Å²) in [5.41, 5.74) is 0.690. The van der Waals surface area contributed by atoms with Crippen molar-refractivity contribution in [3.8, 4) is 0 Å². The first-order valence-electron chi connectivity index (χ1n) is 9.03. The van der Waals surface area contributed by atoms with E-state index in [1.165, 1.54) is 18.4 Å². The van der Waals surface area contributed by atoms with Crippen molar-refractivity contribution in [2.45, 2.75) is 39.3 Å². The summed E-state index contributed by atoms with van der Waals surface area (Å²) in [5.74, 6) is -1.16. The molecule has 0 aliphatic heterocycles. The number of rotatable bonds is 11. The number of aliphatic hydroxyl groups is 1. The first-order valence-corrected chi connectivity index (χ1v) is 9.03. The third kappa shape index (κ3) is 8.18. The van der Waals surface area contributed by atoms with Gasteiger partial charge in [0.05, 0.1) is 18.9 Å². The average Bonchev–Trinajstić information content (AvgIpc) is 3.16. The van der Waals surface area contributed by atoms with Gasteiger partial charge in [-0.15, -0.1) is 6.58 Å². The molecule has 0 spiro atoms. The Hall–Kier alpha value is -2.93. The lowest BCUT2D eigenvalue weighted by atomic mass is 10.0. The van der Waals surface area contributed by atoms with Crippen LogP contribution in [0.15, 0.2) is 59.3 Å². The summed E-state index contributed by atoms with van der Waals surface area (Å²) < 4.78 is 5.10. The number of Topliss-reactive ketones (excluding diaryl/α,β-unsaturated/α-hetero) is 1. The van der Waals surface area contributed by atoms with Gasteiger partial charge in [-0.3, -0.25) is 14.4 Å². The van der Waals surface area contributed by atoms with Crippen LogP contribution in [0, 0.1) is 5.92 Å². The van der Waals surface area contributed by atoms with Crippen LogP contribution in [0.3, 0.4) is 0 Å². The summed E-state index contributed by atoms with van der Waals surface area (Å²) in [5, 5.41) is 14.4. The molecule has 7 heteroatoms. The van der Waals surface area contributed by atoms with Gasteiger partial charge < -0.3 is 20.2 Å². The third-order valence-corrected chi connectivity index (χ3v) is 3.62. The molecular weight excluding hydrogens is 360 g/mol. The fourth-order valence-corrected chi connectivity index (χ4v) is 2.26. The van der Waals surface area contributed by atoms with Gasteiger partial charge in [-0.25, -0.2) is 0 Å². The van der Waals surface area contributed by atoms with E-state index in [1.54, 1.807) is 25.1 Å². The molecule has 28 heavy (non-hydrogen) atoms. The Kier molecular flexibility index (Phi) is 9.67. The van der Waals surface area contributed by atoms with Crippen LogP contribution in [0.5, 0.6) is 0 Å². The quantitative estimate of drug-likeness (QED) is 0.233. The molecule has 1 aromatic heterocycles. The zero-order valence-electron chi connectivity index (χ0n) is 16.5. The standard InChI is InChI=1S/C21H28N2O5/c1-14(2)8-5-6-10-19(25)22-17(13-24)21(27)23-16(12-15(3)4)20(26)18-9-7-11-28-18/h5-11,14,16-17,24H,3,12-13H2,1-2,4H3,(H,22,25)(H,23,27)/b8-5+,10-6+/t16-,17-/m0/s1. The van der Waals surface area contributed by atoms with Crippen molar-refractivity contribution >= 4 is 17.6 Å². The van der Waals surface area contributed by atoms with E-state index < -0.39 is 36.3 Å². The van der Waals surface area contributed by atoms with Gasteiger partial charge in [-0.05, 0) is 31.4 Å². The van der Waals surface area contributed by atoms with Crippen LogP contribution in [0.1, 0.15) is 37.7 Å². The monoisotopic (exact) mass is 388 g/mol. The van der Waals surface area contributed by atoms with Crippen LogP contribution >= 0.6 is 0 Å². The molecular formula is C21H28N2O5. The van der Waals surface area contributed by atoms with Crippen LogP contribution in [-0.2, 0) is 9.59 Å². The zero-order valence-corrected chi connectivity index (χ0v) is 16.5. The van der Waals surface area contributed by atoms with Gasteiger partial charge in [-0.1, -0.05) is 37.6 Å². The van der Waals surface area contributed by atoms with Crippen LogP contribution in [-0.4, -0.2) is 41.4 Å². The van der Waals surface area contributed by atoms with Crippen molar-refractivity contribution in [2.75, 3.05) is 6.61 Å². The minimum Gasteiger partial charge on any atom is -0.461 e. The number of hydrogen-bond donors (Lipinski definition) is 3. The molecule has 0 saturated heterocycles. The second-order valence-electron chi connectivity index (χ2n) is 6.80. The predicted molar refractivity (Wildman–Crippen MR) is 107 cm³/mol. The summed E-state index contributed by atoms with van der Waals surface area (Å²) in [4.78, 5) is 36.9. The molecule has 3 N–H and O–H groups in total. The highest BCUT2D eigenvalue weighted by Crippen LogP contribution is 2.11. The van der Waals surface area contributed by atoms with E-state index in [0.717, 1.165) is 0 Å². The minimum atomic E-state index is -1.19. The molecule has 1 rings (SSSR count).